The summed E-state index contributed by atoms with van der Waals surface area (Å²) in [6.45, 7) is 3.33. The molecule has 0 fully saturated rings. The van der Waals surface area contributed by atoms with Gasteiger partial charge in [-0.1, -0.05) is 12.1 Å². The highest BCUT2D eigenvalue weighted by atomic mass is 32.2. The largest absolute Gasteiger partial charge is 0.494 e. The molecule has 0 radical (unpaired) electrons. The van der Waals surface area contributed by atoms with Gasteiger partial charge < -0.3 is 18.9 Å². The van der Waals surface area contributed by atoms with Crippen LogP contribution in [0.4, 0.5) is 0 Å². The van der Waals surface area contributed by atoms with Crippen molar-refractivity contribution in [3.8, 4) is 34.6 Å². The van der Waals surface area contributed by atoms with E-state index in [-0.39, 0.29) is 11.6 Å². The summed E-state index contributed by atoms with van der Waals surface area (Å²) < 4.78 is 51.2. The van der Waals surface area contributed by atoms with Crippen molar-refractivity contribution in [3.63, 3.8) is 0 Å². The quantitative estimate of drug-likeness (QED) is 0.270. The zero-order valence-electron chi connectivity index (χ0n) is 22.5. The monoisotopic (exact) mass is 554 g/mol. The summed E-state index contributed by atoms with van der Waals surface area (Å²) in [7, 11) is 2.11. The average molecular weight is 555 g/mol. The summed E-state index contributed by atoms with van der Waals surface area (Å²) >= 11 is 0. The Labute approximate surface area is 226 Å². The predicted octanol–water partition coefficient (Wildman–Crippen LogP) is 3.14. The molecule has 3 aromatic heterocycles. The minimum Gasteiger partial charge on any atom is -0.494 e. The molecule has 0 saturated heterocycles. The van der Waals surface area contributed by atoms with Crippen LogP contribution in [0.3, 0.4) is 0 Å². The molecule has 0 aliphatic heterocycles. The third-order valence-corrected chi connectivity index (χ3v) is 8.26. The summed E-state index contributed by atoms with van der Waals surface area (Å²) in [5, 5.41) is 7.66. The smallest absolute Gasteiger partial charge is 0.213 e. The van der Waals surface area contributed by atoms with E-state index in [0.29, 0.717) is 40.1 Å². The van der Waals surface area contributed by atoms with E-state index >= 15 is 0 Å². The first-order chi connectivity index (χ1) is 18.7. The number of methoxy groups -OCH3 is 4. The van der Waals surface area contributed by atoms with Crippen molar-refractivity contribution < 1.29 is 27.4 Å². The van der Waals surface area contributed by atoms with Crippen LogP contribution in [0.1, 0.15) is 30.2 Å². The van der Waals surface area contributed by atoms with Gasteiger partial charge in [0.1, 0.15) is 40.6 Å². The van der Waals surface area contributed by atoms with Gasteiger partial charge in [0.2, 0.25) is 5.88 Å². The Hall–Kier alpha value is -4.10. The number of para-hydroxylation sites is 1. The van der Waals surface area contributed by atoms with Crippen molar-refractivity contribution in [2.24, 2.45) is 0 Å². The van der Waals surface area contributed by atoms with Gasteiger partial charge in [0.15, 0.2) is 21.5 Å². The van der Waals surface area contributed by atoms with E-state index < -0.39 is 26.9 Å². The second kappa shape index (κ2) is 11.7. The zero-order valence-corrected chi connectivity index (χ0v) is 23.3. The standard InChI is InChI=1S/C26H30N6O6S/c1-16(25(38-6)18-13-27-17(2)28-14-18)39(33,34)15-22-30-31-26(19-9-7-12-23(29-19)37-5)32(22)24-20(35-3)10-8-11-21(24)36-4/h7-14,16,25H,15H2,1-6H3/t16-,25-/m1/s1. The van der Waals surface area contributed by atoms with Gasteiger partial charge in [-0.25, -0.2) is 23.4 Å². The normalized spacial score (nSPS) is 13.1. The van der Waals surface area contributed by atoms with E-state index in [0.717, 1.165) is 0 Å². The van der Waals surface area contributed by atoms with Gasteiger partial charge in [-0.15, -0.1) is 10.2 Å². The van der Waals surface area contributed by atoms with Crippen molar-refractivity contribution in [3.05, 3.63) is 66.0 Å². The molecule has 0 saturated carbocycles. The number of aromatic nitrogens is 6. The maximum atomic E-state index is 13.8. The van der Waals surface area contributed by atoms with Crippen LogP contribution in [0.2, 0.25) is 0 Å². The number of sulfone groups is 1. The first-order valence-corrected chi connectivity index (χ1v) is 13.7. The van der Waals surface area contributed by atoms with E-state index in [1.807, 2.05) is 0 Å². The van der Waals surface area contributed by atoms with Gasteiger partial charge in [0.25, 0.3) is 0 Å². The maximum absolute atomic E-state index is 13.8. The number of nitrogens with zero attached hydrogens (tertiary/aromatic N) is 6. The Morgan fingerprint density at radius 2 is 1.54 bits per heavy atom. The molecule has 2 atom stereocenters. The van der Waals surface area contributed by atoms with Gasteiger partial charge in [-0.05, 0) is 32.0 Å². The molecular formula is C26H30N6O6S. The Balaban J connectivity index is 1.85. The molecule has 0 amide bonds. The first-order valence-electron chi connectivity index (χ1n) is 11.9. The molecule has 13 heteroatoms. The molecule has 12 nitrogen and oxygen atoms in total. The number of rotatable bonds is 11. The van der Waals surface area contributed by atoms with Crippen LogP contribution in [0, 0.1) is 6.92 Å². The SMILES string of the molecule is COc1cccc(-c2nnc(CS(=O)(=O)[C@H](C)[C@@H](OC)c3cnc(C)nc3)n2-c2c(OC)cccc2OC)n1. The van der Waals surface area contributed by atoms with Crippen LogP contribution in [-0.2, 0) is 20.3 Å². The fraction of sp³-hybridized carbons (Fsp3) is 0.346. The number of hydrogen-bond donors (Lipinski definition) is 0. The summed E-state index contributed by atoms with van der Waals surface area (Å²) in [4.78, 5) is 12.8. The molecule has 0 unspecified atom stereocenters. The van der Waals surface area contributed by atoms with Gasteiger partial charge >= 0.3 is 0 Å². The van der Waals surface area contributed by atoms with Gasteiger partial charge in [-0.2, -0.15) is 0 Å². The zero-order chi connectivity index (χ0) is 28.2. The lowest BCUT2D eigenvalue weighted by atomic mass is 10.1. The Morgan fingerprint density at radius 1 is 0.897 bits per heavy atom. The van der Waals surface area contributed by atoms with Crippen molar-refractivity contribution >= 4 is 9.84 Å². The summed E-state index contributed by atoms with van der Waals surface area (Å²) in [6, 6.07) is 10.4. The van der Waals surface area contributed by atoms with Gasteiger partial charge in [0, 0.05) is 31.1 Å². The van der Waals surface area contributed by atoms with Crippen LogP contribution in [0.15, 0.2) is 48.8 Å². The number of benzene rings is 1. The number of ether oxygens (including phenoxy) is 4. The summed E-state index contributed by atoms with van der Waals surface area (Å²) in [6.07, 6.45) is 2.33. The van der Waals surface area contributed by atoms with Crippen LogP contribution < -0.4 is 14.2 Å². The van der Waals surface area contributed by atoms with E-state index in [1.165, 1.54) is 28.4 Å². The molecular weight excluding hydrogens is 524 g/mol. The second-order valence-corrected chi connectivity index (χ2v) is 10.9. The van der Waals surface area contributed by atoms with Crippen LogP contribution in [-0.4, -0.2) is 71.8 Å². The predicted molar refractivity (Wildman–Crippen MR) is 143 cm³/mol. The molecule has 0 aliphatic carbocycles. The summed E-state index contributed by atoms with van der Waals surface area (Å²) in [5.74, 6) is 1.75. The molecule has 0 spiro atoms. The third kappa shape index (κ3) is 5.68. The van der Waals surface area contributed by atoms with E-state index in [2.05, 4.69) is 25.1 Å². The highest BCUT2D eigenvalue weighted by molar-refractivity contribution is 7.91. The minimum absolute atomic E-state index is 0.138. The van der Waals surface area contributed by atoms with Crippen molar-refractivity contribution in [1.29, 1.82) is 0 Å². The Kier molecular flexibility index (Phi) is 8.41. The molecule has 4 aromatic rings. The number of hydrogen-bond acceptors (Lipinski definition) is 11. The fourth-order valence-corrected chi connectivity index (χ4v) is 5.62. The van der Waals surface area contributed by atoms with Crippen LogP contribution in [0.5, 0.6) is 17.4 Å². The van der Waals surface area contributed by atoms with Crippen LogP contribution in [0.25, 0.3) is 17.2 Å². The van der Waals surface area contributed by atoms with Crippen LogP contribution >= 0.6 is 0 Å². The molecule has 3 heterocycles. The minimum atomic E-state index is -3.86. The molecule has 0 bridgehead atoms. The molecule has 206 valence electrons. The van der Waals surface area contributed by atoms with E-state index in [9.17, 15) is 8.42 Å². The second-order valence-electron chi connectivity index (χ2n) is 8.58. The maximum Gasteiger partial charge on any atom is 0.213 e. The average Bonchev–Trinajstić information content (AvgIpc) is 3.35. The molecule has 39 heavy (non-hydrogen) atoms. The van der Waals surface area contributed by atoms with Gasteiger partial charge in [-0.3, -0.25) is 4.57 Å². The molecule has 4 rings (SSSR count). The lowest BCUT2D eigenvalue weighted by Gasteiger charge is -2.23. The number of aryl methyl sites for hydroxylation is 1. The highest BCUT2D eigenvalue weighted by Gasteiger charge is 2.34. The number of pyridine rings is 1. The van der Waals surface area contributed by atoms with E-state index in [1.54, 1.807) is 67.2 Å². The summed E-state index contributed by atoms with van der Waals surface area (Å²) in [5.41, 5.74) is 1.39. The lowest BCUT2D eigenvalue weighted by Crippen LogP contribution is -2.29. The van der Waals surface area contributed by atoms with Crippen molar-refractivity contribution in [2.45, 2.75) is 31.0 Å². The molecule has 1 aromatic carbocycles. The Bertz CT molecular complexity index is 1520. The van der Waals surface area contributed by atoms with E-state index in [4.69, 9.17) is 18.9 Å². The lowest BCUT2D eigenvalue weighted by molar-refractivity contribution is 0.102. The third-order valence-electron chi connectivity index (χ3n) is 6.22. The van der Waals surface area contributed by atoms with Gasteiger partial charge in [0.05, 0.1) is 26.6 Å². The van der Waals surface area contributed by atoms with Crippen molar-refractivity contribution in [1.82, 2.24) is 29.7 Å². The topological polar surface area (TPSA) is 140 Å². The highest BCUT2D eigenvalue weighted by Crippen LogP contribution is 2.37. The van der Waals surface area contributed by atoms with Crippen molar-refractivity contribution in [2.75, 3.05) is 28.4 Å². The molecule has 0 aliphatic rings. The molecule has 0 N–H and O–H groups in total. The fourth-order valence-electron chi connectivity index (χ4n) is 4.16. The first kappa shape index (κ1) is 27.9. The Morgan fingerprint density at radius 3 is 2.13 bits per heavy atom.